The number of methoxy groups -OCH3 is 1. The highest BCUT2D eigenvalue weighted by molar-refractivity contribution is 6.06. The molecular weight excluding hydrogens is 352 g/mol. The maximum atomic E-state index is 13.4. The normalized spacial score (nSPS) is 16.9. The van der Waals surface area contributed by atoms with Gasteiger partial charge < -0.3 is 9.64 Å². The number of hydrogen-bond donors (Lipinski definition) is 0. The summed E-state index contributed by atoms with van der Waals surface area (Å²) in [4.78, 5) is 28.4. The first-order chi connectivity index (χ1) is 13.6. The van der Waals surface area contributed by atoms with Gasteiger partial charge in [0, 0.05) is 36.1 Å². The molecule has 0 spiro atoms. The van der Waals surface area contributed by atoms with Gasteiger partial charge in [0.25, 0.3) is 11.5 Å². The van der Waals surface area contributed by atoms with Gasteiger partial charge in [0.15, 0.2) is 0 Å². The Bertz CT molecular complexity index is 1090. The summed E-state index contributed by atoms with van der Waals surface area (Å²) in [7, 11) is 1.59. The van der Waals surface area contributed by atoms with Crippen LogP contribution < -0.4 is 10.3 Å². The fraction of sp³-hybridized carbons (Fsp3) is 0.304. The fourth-order valence-corrected chi connectivity index (χ4v) is 3.96. The number of pyridine rings is 1. The van der Waals surface area contributed by atoms with Crippen LogP contribution in [-0.2, 0) is 0 Å². The molecule has 4 rings (SSSR count). The Balaban J connectivity index is 1.89. The van der Waals surface area contributed by atoms with Crippen LogP contribution in [0.15, 0.2) is 59.5 Å². The van der Waals surface area contributed by atoms with Gasteiger partial charge in [-0.1, -0.05) is 31.2 Å². The number of piperidine rings is 1. The quantitative estimate of drug-likeness (QED) is 0.697. The summed E-state index contributed by atoms with van der Waals surface area (Å²) in [5, 5.41) is 1.25. The molecule has 3 aromatic rings. The maximum Gasteiger partial charge on any atom is 0.262 e. The molecule has 0 radical (unpaired) electrons. The van der Waals surface area contributed by atoms with E-state index in [1.807, 2.05) is 41.3 Å². The minimum absolute atomic E-state index is 0.0144. The van der Waals surface area contributed by atoms with E-state index >= 15 is 0 Å². The predicted octanol–water partition coefficient (Wildman–Crippen LogP) is 3.87. The van der Waals surface area contributed by atoms with Crippen LogP contribution in [0.25, 0.3) is 16.5 Å². The van der Waals surface area contributed by atoms with E-state index in [1.54, 1.807) is 30.0 Å². The lowest BCUT2D eigenvalue weighted by Crippen LogP contribution is -2.39. The number of aromatic nitrogens is 1. The zero-order valence-electron chi connectivity index (χ0n) is 16.2. The molecule has 0 aliphatic carbocycles. The van der Waals surface area contributed by atoms with Crippen LogP contribution in [0, 0.1) is 5.92 Å². The number of likely N-dealkylation sites (tertiary alicyclic amines) is 1. The van der Waals surface area contributed by atoms with E-state index in [4.69, 9.17) is 4.74 Å². The van der Waals surface area contributed by atoms with Gasteiger partial charge in [0.05, 0.1) is 18.4 Å². The van der Waals surface area contributed by atoms with Gasteiger partial charge in [0.2, 0.25) is 0 Å². The van der Waals surface area contributed by atoms with Crippen molar-refractivity contribution in [3.63, 3.8) is 0 Å². The fourth-order valence-electron chi connectivity index (χ4n) is 3.96. The third-order valence-electron chi connectivity index (χ3n) is 5.43. The van der Waals surface area contributed by atoms with Crippen LogP contribution in [0.1, 0.15) is 30.1 Å². The van der Waals surface area contributed by atoms with E-state index in [-0.39, 0.29) is 11.5 Å². The summed E-state index contributed by atoms with van der Waals surface area (Å²) in [6.07, 6.45) is 3.84. The van der Waals surface area contributed by atoms with Crippen LogP contribution in [0.5, 0.6) is 5.75 Å². The molecule has 2 aromatic carbocycles. The highest BCUT2D eigenvalue weighted by Gasteiger charge is 2.24. The first kappa shape index (κ1) is 18.3. The minimum atomic E-state index is -0.146. The molecule has 0 N–H and O–H groups in total. The Morgan fingerprint density at radius 1 is 1.11 bits per heavy atom. The van der Waals surface area contributed by atoms with Gasteiger partial charge in [-0.05, 0) is 37.0 Å². The van der Waals surface area contributed by atoms with Crippen molar-refractivity contribution >= 4 is 16.7 Å². The number of amides is 1. The lowest BCUT2D eigenvalue weighted by Gasteiger charge is -2.31. The van der Waals surface area contributed by atoms with Gasteiger partial charge in [-0.3, -0.25) is 14.2 Å². The predicted molar refractivity (Wildman–Crippen MR) is 110 cm³/mol. The summed E-state index contributed by atoms with van der Waals surface area (Å²) in [6, 6.07) is 14.6. The van der Waals surface area contributed by atoms with Crippen molar-refractivity contribution in [1.29, 1.82) is 0 Å². The molecule has 1 atom stereocenters. The van der Waals surface area contributed by atoms with Crippen LogP contribution in [0.4, 0.5) is 0 Å². The standard InChI is InChI=1S/C23H24N2O3/c1-16-7-6-12-24(14-16)22(26)21-15-25(17-8-5-9-18(13-17)28-2)23(27)20-11-4-3-10-19(20)21/h3-5,8-11,13,15-16H,6-7,12,14H2,1-2H3/t16-/m0/s1. The average Bonchev–Trinajstić information content (AvgIpc) is 2.74. The smallest absolute Gasteiger partial charge is 0.262 e. The lowest BCUT2D eigenvalue weighted by molar-refractivity contribution is 0.0684. The maximum absolute atomic E-state index is 13.4. The third kappa shape index (κ3) is 3.28. The number of carbonyl (C=O) groups excluding carboxylic acids is 1. The van der Waals surface area contributed by atoms with Crippen molar-refractivity contribution in [1.82, 2.24) is 9.47 Å². The summed E-state index contributed by atoms with van der Waals surface area (Å²) < 4.78 is 6.84. The highest BCUT2D eigenvalue weighted by Crippen LogP contribution is 2.23. The average molecular weight is 376 g/mol. The van der Waals surface area contributed by atoms with Crippen molar-refractivity contribution in [3.05, 3.63) is 70.6 Å². The first-order valence-corrected chi connectivity index (χ1v) is 9.66. The largest absolute Gasteiger partial charge is 0.497 e. The van der Waals surface area contributed by atoms with Crippen LogP contribution >= 0.6 is 0 Å². The van der Waals surface area contributed by atoms with E-state index in [0.29, 0.717) is 33.7 Å². The van der Waals surface area contributed by atoms with E-state index in [1.165, 1.54) is 0 Å². The SMILES string of the molecule is COc1cccc(-n2cc(C(=O)N3CCC[C@H](C)C3)c3ccccc3c2=O)c1. The van der Waals surface area contributed by atoms with Gasteiger partial charge in [0.1, 0.15) is 5.75 Å². The van der Waals surface area contributed by atoms with Crippen molar-refractivity contribution in [2.75, 3.05) is 20.2 Å². The molecule has 1 aromatic heterocycles. The molecule has 0 saturated carbocycles. The van der Waals surface area contributed by atoms with Crippen molar-refractivity contribution in [3.8, 4) is 11.4 Å². The molecule has 1 aliphatic heterocycles. The molecule has 0 unspecified atom stereocenters. The molecule has 1 fully saturated rings. The van der Waals surface area contributed by atoms with Gasteiger partial charge in [-0.2, -0.15) is 0 Å². The number of benzene rings is 2. The van der Waals surface area contributed by atoms with E-state index in [2.05, 4.69) is 6.92 Å². The van der Waals surface area contributed by atoms with E-state index < -0.39 is 0 Å². The Kier molecular flexibility index (Phi) is 4.90. The number of nitrogens with zero attached hydrogens (tertiary/aromatic N) is 2. The molecule has 1 saturated heterocycles. The number of ether oxygens (including phenoxy) is 1. The van der Waals surface area contributed by atoms with Gasteiger partial charge in [-0.15, -0.1) is 0 Å². The summed E-state index contributed by atoms with van der Waals surface area (Å²) in [6.45, 7) is 3.69. The highest BCUT2D eigenvalue weighted by atomic mass is 16.5. The van der Waals surface area contributed by atoms with E-state index in [9.17, 15) is 9.59 Å². The number of fused-ring (bicyclic) bond motifs is 1. The zero-order chi connectivity index (χ0) is 19.7. The van der Waals surface area contributed by atoms with Crippen LogP contribution in [0.3, 0.4) is 0 Å². The Morgan fingerprint density at radius 3 is 2.64 bits per heavy atom. The Labute approximate surface area is 164 Å². The lowest BCUT2D eigenvalue weighted by atomic mass is 9.98. The summed E-state index contributed by atoms with van der Waals surface area (Å²) in [5.74, 6) is 1.14. The number of rotatable bonds is 3. The summed E-state index contributed by atoms with van der Waals surface area (Å²) >= 11 is 0. The Morgan fingerprint density at radius 2 is 1.89 bits per heavy atom. The van der Waals surface area contributed by atoms with Gasteiger partial charge in [-0.25, -0.2) is 0 Å². The number of carbonyl (C=O) groups is 1. The second-order valence-corrected chi connectivity index (χ2v) is 7.46. The number of hydrogen-bond acceptors (Lipinski definition) is 3. The molecule has 0 bridgehead atoms. The van der Waals surface area contributed by atoms with Gasteiger partial charge >= 0.3 is 0 Å². The second-order valence-electron chi connectivity index (χ2n) is 7.46. The van der Waals surface area contributed by atoms with Crippen LogP contribution in [-0.4, -0.2) is 35.6 Å². The van der Waals surface area contributed by atoms with Crippen LogP contribution in [0.2, 0.25) is 0 Å². The monoisotopic (exact) mass is 376 g/mol. The first-order valence-electron chi connectivity index (χ1n) is 9.66. The van der Waals surface area contributed by atoms with E-state index in [0.717, 1.165) is 25.9 Å². The molecule has 28 heavy (non-hydrogen) atoms. The molecule has 1 amide bonds. The van der Waals surface area contributed by atoms with Crippen molar-refractivity contribution < 1.29 is 9.53 Å². The molecule has 1 aliphatic rings. The minimum Gasteiger partial charge on any atom is -0.497 e. The topological polar surface area (TPSA) is 51.5 Å². The second kappa shape index (κ2) is 7.50. The van der Waals surface area contributed by atoms with Crippen molar-refractivity contribution in [2.45, 2.75) is 19.8 Å². The molecular formula is C23H24N2O3. The van der Waals surface area contributed by atoms with Crippen molar-refractivity contribution in [2.24, 2.45) is 5.92 Å². The summed E-state index contributed by atoms with van der Waals surface area (Å²) in [5.41, 5.74) is 1.09. The molecule has 144 valence electrons. The molecule has 5 heteroatoms. The Hall–Kier alpha value is -3.08. The molecule has 5 nitrogen and oxygen atoms in total. The zero-order valence-corrected chi connectivity index (χ0v) is 16.2. The third-order valence-corrected chi connectivity index (χ3v) is 5.43. The molecule has 2 heterocycles.